The van der Waals surface area contributed by atoms with Crippen LogP contribution in [-0.4, -0.2) is 38.8 Å². The summed E-state index contributed by atoms with van der Waals surface area (Å²) in [5.41, 5.74) is 1.29. The molecule has 1 atom stereocenters. The molecule has 1 aliphatic heterocycles. The molecule has 2 aromatic rings. The number of benzene rings is 2. The van der Waals surface area contributed by atoms with Crippen LogP contribution in [-0.2, 0) is 14.8 Å². The summed E-state index contributed by atoms with van der Waals surface area (Å²) in [7, 11) is -2.36. The summed E-state index contributed by atoms with van der Waals surface area (Å²) >= 11 is 0. The molecule has 1 N–H and O–H groups in total. The van der Waals surface area contributed by atoms with E-state index in [9.17, 15) is 17.6 Å². The van der Waals surface area contributed by atoms with Crippen molar-refractivity contribution < 1.29 is 22.3 Å². The molecule has 8 heteroatoms. The van der Waals surface area contributed by atoms with Crippen molar-refractivity contribution in [3.05, 3.63) is 53.8 Å². The third kappa shape index (κ3) is 4.34. The van der Waals surface area contributed by atoms with Gasteiger partial charge in [0.2, 0.25) is 15.9 Å². The maximum atomic E-state index is 13.2. The Morgan fingerprint density at radius 2 is 1.93 bits per heavy atom. The van der Waals surface area contributed by atoms with Gasteiger partial charge in [-0.1, -0.05) is 6.07 Å². The minimum absolute atomic E-state index is 0.0897. The smallest absolute Gasteiger partial charge is 0.246 e. The van der Waals surface area contributed by atoms with E-state index in [1.165, 1.54) is 35.7 Å². The molecule has 0 saturated carbocycles. The van der Waals surface area contributed by atoms with Gasteiger partial charge in [0.1, 0.15) is 16.5 Å². The van der Waals surface area contributed by atoms with E-state index < -0.39 is 15.9 Å². The van der Waals surface area contributed by atoms with E-state index >= 15 is 0 Å². The average molecular weight is 406 g/mol. The van der Waals surface area contributed by atoms with Gasteiger partial charge < -0.3 is 10.1 Å². The summed E-state index contributed by atoms with van der Waals surface area (Å²) in [6.45, 7) is 2.25. The normalized spacial score (nSPS) is 17.9. The highest BCUT2D eigenvalue weighted by molar-refractivity contribution is 7.89. The topological polar surface area (TPSA) is 75.7 Å². The first-order valence-corrected chi connectivity index (χ1v) is 10.5. The summed E-state index contributed by atoms with van der Waals surface area (Å²) in [6.07, 6.45) is 1.17. The lowest BCUT2D eigenvalue weighted by molar-refractivity contribution is -0.120. The van der Waals surface area contributed by atoms with E-state index in [1.54, 1.807) is 18.2 Å². The van der Waals surface area contributed by atoms with Gasteiger partial charge in [-0.25, -0.2) is 12.8 Å². The van der Waals surface area contributed by atoms with Gasteiger partial charge in [0.25, 0.3) is 0 Å². The van der Waals surface area contributed by atoms with Crippen LogP contribution >= 0.6 is 0 Å². The zero-order valence-corrected chi connectivity index (χ0v) is 16.6. The minimum atomic E-state index is -3.79. The number of amides is 1. The number of hydrogen-bond acceptors (Lipinski definition) is 4. The van der Waals surface area contributed by atoms with Crippen LogP contribution < -0.4 is 10.1 Å². The van der Waals surface area contributed by atoms with E-state index in [0.717, 1.165) is 5.56 Å². The predicted octanol–water partition coefficient (Wildman–Crippen LogP) is 3.18. The van der Waals surface area contributed by atoms with Crippen molar-refractivity contribution in [3.63, 3.8) is 0 Å². The van der Waals surface area contributed by atoms with Gasteiger partial charge >= 0.3 is 0 Å². The Morgan fingerprint density at radius 3 is 2.61 bits per heavy atom. The molecule has 0 spiro atoms. The Balaban J connectivity index is 1.78. The van der Waals surface area contributed by atoms with Crippen LogP contribution in [0.5, 0.6) is 5.75 Å². The largest absolute Gasteiger partial charge is 0.495 e. The van der Waals surface area contributed by atoms with E-state index in [4.69, 9.17) is 4.74 Å². The second-order valence-electron chi connectivity index (χ2n) is 6.85. The van der Waals surface area contributed by atoms with Crippen LogP contribution in [0.2, 0.25) is 0 Å². The summed E-state index contributed by atoms with van der Waals surface area (Å²) < 4.78 is 45.9. The van der Waals surface area contributed by atoms with Crippen molar-refractivity contribution in [3.8, 4) is 5.75 Å². The number of piperidine rings is 1. The van der Waals surface area contributed by atoms with Crippen LogP contribution in [0, 0.1) is 18.7 Å². The molecule has 0 radical (unpaired) electrons. The van der Waals surface area contributed by atoms with Gasteiger partial charge in [-0.15, -0.1) is 0 Å². The van der Waals surface area contributed by atoms with Crippen molar-refractivity contribution in [2.45, 2.75) is 24.7 Å². The number of carbonyl (C=O) groups is 1. The fourth-order valence-corrected chi connectivity index (χ4v) is 5.04. The molecule has 0 aromatic heterocycles. The van der Waals surface area contributed by atoms with Crippen LogP contribution in [0.4, 0.5) is 10.1 Å². The van der Waals surface area contributed by atoms with Crippen molar-refractivity contribution >= 4 is 21.6 Å². The molecule has 0 bridgehead atoms. The first-order valence-electron chi connectivity index (χ1n) is 9.02. The lowest BCUT2D eigenvalue weighted by atomic mass is 9.99. The summed E-state index contributed by atoms with van der Waals surface area (Å²) in [4.78, 5) is 12.7. The molecule has 1 heterocycles. The summed E-state index contributed by atoms with van der Waals surface area (Å²) in [6, 6.07) is 10.5. The Labute approximate surface area is 164 Å². The van der Waals surface area contributed by atoms with Crippen LogP contribution in [0.3, 0.4) is 0 Å². The number of aryl methyl sites for hydroxylation is 1. The number of nitrogens with one attached hydrogen (secondary N) is 1. The van der Waals surface area contributed by atoms with E-state index in [1.807, 2.05) is 6.92 Å². The molecule has 1 saturated heterocycles. The van der Waals surface area contributed by atoms with Gasteiger partial charge in [0.05, 0.1) is 13.0 Å². The molecule has 0 aliphatic carbocycles. The third-order valence-electron chi connectivity index (χ3n) is 4.80. The van der Waals surface area contributed by atoms with E-state index in [0.29, 0.717) is 25.1 Å². The van der Waals surface area contributed by atoms with Crippen molar-refractivity contribution in [2.24, 2.45) is 5.92 Å². The van der Waals surface area contributed by atoms with Gasteiger partial charge in [0, 0.05) is 18.8 Å². The molecule has 28 heavy (non-hydrogen) atoms. The Morgan fingerprint density at radius 1 is 1.21 bits per heavy atom. The van der Waals surface area contributed by atoms with Gasteiger partial charge in [0.15, 0.2) is 0 Å². The summed E-state index contributed by atoms with van der Waals surface area (Å²) in [5.74, 6) is -0.865. The molecule has 1 fully saturated rings. The number of halogens is 1. The van der Waals surface area contributed by atoms with E-state index in [2.05, 4.69) is 5.32 Å². The number of carbonyl (C=O) groups excluding carboxylic acids is 1. The Hall–Kier alpha value is -2.45. The van der Waals surface area contributed by atoms with Crippen LogP contribution in [0.15, 0.2) is 47.4 Å². The summed E-state index contributed by atoms with van der Waals surface area (Å²) in [5, 5.41) is 2.73. The maximum absolute atomic E-state index is 13.2. The highest BCUT2D eigenvalue weighted by atomic mass is 32.2. The number of hydrogen-bond donors (Lipinski definition) is 1. The third-order valence-corrected chi connectivity index (χ3v) is 6.69. The Bertz CT molecular complexity index is 961. The fraction of sp³-hybridized carbons (Fsp3) is 0.350. The highest BCUT2D eigenvalue weighted by Crippen LogP contribution is 2.31. The van der Waals surface area contributed by atoms with Gasteiger partial charge in [-0.05, 0) is 61.7 Å². The van der Waals surface area contributed by atoms with Crippen LogP contribution in [0.25, 0.3) is 0 Å². The second kappa shape index (κ2) is 8.28. The second-order valence-corrected chi connectivity index (χ2v) is 8.76. The number of anilines is 1. The zero-order valence-electron chi connectivity index (χ0n) is 15.8. The molecule has 6 nitrogen and oxygen atoms in total. The first-order chi connectivity index (χ1) is 13.3. The molecule has 3 rings (SSSR count). The molecule has 1 aliphatic rings. The van der Waals surface area contributed by atoms with Gasteiger partial charge in [-0.2, -0.15) is 4.31 Å². The standard InChI is InChI=1S/C20H23FN2O4S/c1-14-5-10-18(27-2)19(12-14)28(25,26)23-11-3-4-15(13-23)20(24)22-17-8-6-16(21)7-9-17/h5-10,12,15H,3-4,11,13H2,1-2H3,(H,22,24)/t15-/m0/s1. The van der Waals surface area contributed by atoms with Crippen LogP contribution in [0.1, 0.15) is 18.4 Å². The predicted molar refractivity (Wildman–Crippen MR) is 104 cm³/mol. The lowest BCUT2D eigenvalue weighted by Gasteiger charge is -2.31. The fourth-order valence-electron chi connectivity index (χ4n) is 3.28. The van der Waals surface area contributed by atoms with Gasteiger partial charge in [-0.3, -0.25) is 4.79 Å². The monoisotopic (exact) mass is 406 g/mol. The number of nitrogens with zero attached hydrogens (tertiary/aromatic N) is 1. The average Bonchev–Trinajstić information content (AvgIpc) is 2.69. The highest BCUT2D eigenvalue weighted by Gasteiger charge is 2.34. The molecular formula is C20H23FN2O4S. The van der Waals surface area contributed by atoms with Crippen molar-refractivity contribution in [2.75, 3.05) is 25.5 Å². The first kappa shape index (κ1) is 20.3. The lowest BCUT2D eigenvalue weighted by Crippen LogP contribution is -2.43. The number of ether oxygens (including phenoxy) is 1. The number of rotatable bonds is 5. The number of methoxy groups -OCH3 is 1. The molecule has 1 amide bonds. The SMILES string of the molecule is COc1ccc(C)cc1S(=O)(=O)N1CCC[C@H](C(=O)Nc2ccc(F)cc2)C1. The van der Waals surface area contributed by atoms with Crippen molar-refractivity contribution in [1.82, 2.24) is 4.31 Å². The quantitative estimate of drug-likeness (QED) is 0.828. The van der Waals surface area contributed by atoms with Crippen molar-refractivity contribution in [1.29, 1.82) is 0 Å². The Kier molecular flexibility index (Phi) is 6.00. The molecule has 2 aromatic carbocycles. The maximum Gasteiger partial charge on any atom is 0.246 e. The number of sulfonamides is 1. The zero-order chi connectivity index (χ0) is 20.3. The molecule has 0 unspecified atom stereocenters. The minimum Gasteiger partial charge on any atom is -0.495 e. The van der Waals surface area contributed by atoms with E-state index in [-0.39, 0.29) is 28.9 Å². The molecule has 150 valence electrons. The molecular weight excluding hydrogens is 383 g/mol.